The third-order valence-electron chi connectivity index (χ3n) is 3.07. The maximum absolute atomic E-state index is 12.6. The van der Waals surface area contributed by atoms with Crippen LogP contribution >= 0.6 is 0 Å². The Hall–Kier alpha value is -2.28. The van der Waals surface area contributed by atoms with Gasteiger partial charge in [0.05, 0.1) is 18.7 Å². The summed E-state index contributed by atoms with van der Waals surface area (Å²) in [5.41, 5.74) is 5.93. The number of carbonyl (C=O) groups excluding carboxylic acids is 1. The van der Waals surface area contributed by atoms with Gasteiger partial charge in [0.15, 0.2) is 0 Å². The first-order valence-electron chi connectivity index (χ1n) is 6.36. The van der Waals surface area contributed by atoms with Gasteiger partial charge in [0.2, 0.25) is 0 Å². The molecule has 0 atom stereocenters. The zero-order valence-corrected chi connectivity index (χ0v) is 11.2. The van der Waals surface area contributed by atoms with E-state index in [1.807, 2.05) is 0 Å². The first-order valence-corrected chi connectivity index (χ1v) is 6.36. The van der Waals surface area contributed by atoms with Gasteiger partial charge < -0.3 is 15.7 Å². The van der Waals surface area contributed by atoms with E-state index in [0.29, 0.717) is 10.8 Å². The van der Waals surface area contributed by atoms with Gasteiger partial charge in [-0.3, -0.25) is 4.79 Å². The Morgan fingerprint density at radius 1 is 1.33 bits per heavy atom. The van der Waals surface area contributed by atoms with Gasteiger partial charge >= 0.3 is 0 Å². The van der Waals surface area contributed by atoms with Crippen molar-refractivity contribution in [2.24, 2.45) is 0 Å². The number of nitrogen functional groups attached to an aromatic ring is 1. The maximum Gasteiger partial charge on any atom is 0.256 e. The van der Waals surface area contributed by atoms with Crippen molar-refractivity contribution < 1.29 is 18.7 Å². The van der Waals surface area contributed by atoms with Gasteiger partial charge in [-0.1, -0.05) is 24.3 Å². The number of amides is 1. The quantitative estimate of drug-likeness (QED) is 0.876. The summed E-state index contributed by atoms with van der Waals surface area (Å²) >= 11 is 0. The number of alkyl halides is 2. The largest absolute Gasteiger partial charge is 0.395 e. The Morgan fingerprint density at radius 2 is 2.00 bits per heavy atom. The first kappa shape index (κ1) is 15.1. The molecule has 0 aliphatic heterocycles. The van der Waals surface area contributed by atoms with Crippen LogP contribution in [0.5, 0.6) is 0 Å². The van der Waals surface area contributed by atoms with Crippen molar-refractivity contribution in [3.05, 3.63) is 36.0 Å². The van der Waals surface area contributed by atoms with E-state index in [4.69, 9.17) is 10.8 Å². The number of nitrogens with zero attached hydrogens (tertiary/aromatic N) is 2. The molecule has 0 bridgehead atoms. The number of hydrogen-bond donors (Lipinski definition) is 2. The third-order valence-corrected chi connectivity index (χ3v) is 3.07. The molecule has 0 spiro atoms. The van der Waals surface area contributed by atoms with Gasteiger partial charge in [0, 0.05) is 18.1 Å². The highest BCUT2D eigenvalue weighted by Crippen LogP contribution is 2.23. The summed E-state index contributed by atoms with van der Waals surface area (Å²) in [6.07, 6.45) is -1.40. The van der Waals surface area contributed by atoms with Crippen molar-refractivity contribution in [2.45, 2.75) is 6.43 Å². The average Bonchev–Trinajstić information content (AvgIpc) is 2.46. The van der Waals surface area contributed by atoms with E-state index in [1.165, 1.54) is 6.20 Å². The van der Waals surface area contributed by atoms with Crippen LogP contribution in [-0.4, -0.2) is 47.0 Å². The zero-order chi connectivity index (χ0) is 15.4. The van der Waals surface area contributed by atoms with E-state index in [9.17, 15) is 13.6 Å². The lowest BCUT2D eigenvalue weighted by molar-refractivity contribution is 0.0510. The fraction of sp³-hybridized carbons (Fsp3) is 0.286. The SMILES string of the molecule is Nc1ncc(C(=O)N(CCO)CC(F)F)c2ccccc12. The van der Waals surface area contributed by atoms with E-state index in [2.05, 4.69) is 4.98 Å². The van der Waals surface area contributed by atoms with Gasteiger partial charge in [-0.05, 0) is 5.39 Å². The smallest absolute Gasteiger partial charge is 0.256 e. The van der Waals surface area contributed by atoms with Crippen LogP contribution in [-0.2, 0) is 0 Å². The van der Waals surface area contributed by atoms with Crippen LogP contribution in [0.4, 0.5) is 14.6 Å². The predicted octanol–water partition coefficient (Wildman–Crippen LogP) is 1.52. The van der Waals surface area contributed by atoms with Gasteiger partial charge in [0.1, 0.15) is 5.82 Å². The summed E-state index contributed by atoms with van der Waals surface area (Å²) in [6, 6.07) is 6.86. The number of nitrogens with two attached hydrogens (primary N) is 1. The Labute approximate surface area is 120 Å². The minimum Gasteiger partial charge on any atom is -0.395 e. The highest BCUT2D eigenvalue weighted by Gasteiger charge is 2.21. The summed E-state index contributed by atoms with van der Waals surface area (Å²) in [5.74, 6) is -0.335. The Morgan fingerprint density at radius 3 is 2.62 bits per heavy atom. The lowest BCUT2D eigenvalue weighted by Gasteiger charge is -2.22. The molecule has 0 fully saturated rings. The highest BCUT2D eigenvalue weighted by molar-refractivity contribution is 6.08. The Bertz CT molecular complexity index is 649. The van der Waals surface area contributed by atoms with Gasteiger partial charge in [-0.25, -0.2) is 13.8 Å². The number of halogens is 2. The molecule has 1 heterocycles. The van der Waals surface area contributed by atoms with Crippen molar-refractivity contribution in [3.8, 4) is 0 Å². The van der Waals surface area contributed by atoms with Crippen LogP contribution in [0.3, 0.4) is 0 Å². The molecule has 2 aromatic rings. The summed E-state index contributed by atoms with van der Waals surface area (Å²) in [7, 11) is 0. The zero-order valence-electron chi connectivity index (χ0n) is 11.2. The molecule has 21 heavy (non-hydrogen) atoms. The number of aromatic nitrogens is 1. The van der Waals surface area contributed by atoms with E-state index >= 15 is 0 Å². The van der Waals surface area contributed by atoms with Crippen LogP contribution < -0.4 is 5.73 Å². The number of pyridine rings is 1. The van der Waals surface area contributed by atoms with Crippen LogP contribution in [0, 0.1) is 0 Å². The first-order chi connectivity index (χ1) is 10.0. The number of benzene rings is 1. The van der Waals surface area contributed by atoms with Crippen molar-refractivity contribution in [1.82, 2.24) is 9.88 Å². The molecular formula is C14H15F2N3O2. The van der Waals surface area contributed by atoms with E-state index < -0.39 is 25.5 Å². The van der Waals surface area contributed by atoms with Crippen LogP contribution in [0.1, 0.15) is 10.4 Å². The van der Waals surface area contributed by atoms with Crippen LogP contribution in [0.15, 0.2) is 30.5 Å². The average molecular weight is 295 g/mol. The molecule has 0 unspecified atom stereocenters. The molecule has 1 amide bonds. The molecule has 0 saturated heterocycles. The fourth-order valence-corrected chi connectivity index (χ4v) is 2.12. The molecule has 3 N–H and O–H groups in total. The topological polar surface area (TPSA) is 79.5 Å². The van der Waals surface area contributed by atoms with Crippen LogP contribution in [0.2, 0.25) is 0 Å². The van der Waals surface area contributed by atoms with E-state index in [1.54, 1.807) is 24.3 Å². The molecule has 0 aliphatic carbocycles. The summed E-state index contributed by atoms with van der Waals surface area (Å²) in [5, 5.41) is 10.1. The molecule has 1 aromatic heterocycles. The summed E-state index contributed by atoms with van der Waals surface area (Å²) in [4.78, 5) is 17.2. The number of anilines is 1. The molecular weight excluding hydrogens is 280 g/mol. The summed E-state index contributed by atoms with van der Waals surface area (Å²) in [6.45, 7) is -1.29. The second-order valence-electron chi connectivity index (χ2n) is 4.47. The molecule has 7 heteroatoms. The van der Waals surface area contributed by atoms with Gasteiger partial charge in [-0.2, -0.15) is 0 Å². The van der Waals surface area contributed by atoms with Crippen molar-refractivity contribution in [3.63, 3.8) is 0 Å². The van der Waals surface area contributed by atoms with Crippen molar-refractivity contribution in [1.29, 1.82) is 0 Å². The Kier molecular flexibility index (Phi) is 4.64. The van der Waals surface area contributed by atoms with Crippen molar-refractivity contribution in [2.75, 3.05) is 25.4 Å². The molecule has 0 radical (unpaired) electrons. The fourth-order valence-electron chi connectivity index (χ4n) is 2.12. The number of carbonyl (C=O) groups is 1. The number of fused-ring (bicyclic) bond motifs is 1. The summed E-state index contributed by atoms with van der Waals surface area (Å²) < 4.78 is 25.1. The number of rotatable bonds is 5. The van der Waals surface area contributed by atoms with Gasteiger partial charge in [0.25, 0.3) is 12.3 Å². The second-order valence-corrected chi connectivity index (χ2v) is 4.47. The minimum atomic E-state index is -2.67. The lowest BCUT2D eigenvalue weighted by atomic mass is 10.1. The number of aliphatic hydroxyl groups excluding tert-OH is 1. The highest BCUT2D eigenvalue weighted by atomic mass is 19.3. The monoisotopic (exact) mass is 295 g/mol. The molecule has 0 aliphatic rings. The number of aliphatic hydroxyl groups is 1. The van der Waals surface area contributed by atoms with Crippen LogP contribution in [0.25, 0.3) is 10.8 Å². The molecule has 112 valence electrons. The standard InChI is InChI=1S/C14H15F2N3O2/c15-12(16)8-19(5-6-20)14(21)11-7-18-13(17)10-4-2-1-3-9(10)11/h1-4,7,12,20H,5-6,8H2,(H2,17,18). The second kappa shape index (κ2) is 6.45. The molecule has 5 nitrogen and oxygen atoms in total. The molecule has 0 saturated carbocycles. The van der Waals surface area contributed by atoms with E-state index in [-0.39, 0.29) is 17.9 Å². The lowest BCUT2D eigenvalue weighted by Crippen LogP contribution is -2.37. The van der Waals surface area contributed by atoms with Crippen molar-refractivity contribution >= 4 is 22.5 Å². The maximum atomic E-state index is 12.6. The third kappa shape index (κ3) is 3.25. The predicted molar refractivity (Wildman–Crippen MR) is 75.1 cm³/mol. The number of hydrogen-bond acceptors (Lipinski definition) is 4. The normalized spacial score (nSPS) is 11.0. The van der Waals surface area contributed by atoms with Gasteiger partial charge in [-0.15, -0.1) is 0 Å². The Balaban J connectivity index is 2.44. The van der Waals surface area contributed by atoms with E-state index in [0.717, 1.165) is 4.90 Å². The minimum absolute atomic E-state index is 0.165. The molecule has 1 aromatic carbocycles. The molecule has 2 rings (SSSR count).